The Morgan fingerprint density at radius 3 is 2.63 bits per heavy atom. The molecule has 0 aliphatic rings. The topological polar surface area (TPSA) is 57.3 Å². The third-order valence-corrected chi connectivity index (χ3v) is 3.23. The lowest BCUT2D eigenvalue weighted by molar-refractivity contribution is 0.0915. The van der Waals surface area contributed by atoms with E-state index in [0.717, 1.165) is 12.4 Å². The van der Waals surface area contributed by atoms with Crippen molar-refractivity contribution >= 4 is 11.7 Å². The average molecular weight is 264 g/mol. The SMILES string of the molecule is CCNc1cccc(C(=O)NCC(C)(C)N(C)C)n1. The van der Waals surface area contributed by atoms with Crippen LogP contribution in [0.4, 0.5) is 5.82 Å². The number of pyridine rings is 1. The fourth-order valence-electron chi connectivity index (χ4n) is 1.39. The zero-order valence-electron chi connectivity index (χ0n) is 12.4. The van der Waals surface area contributed by atoms with Gasteiger partial charge in [-0.1, -0.05) is 6.07 Å². The summed E-state index contributed by atoms with van der Waals surface area (Å²) in [5.41, 5.74) is 0.350. The zero-order chi connectivity index (χ0) is 14.5. The molecule has 1 aromatic heterocycles. The van der Waals surface area contributed by atoms with Crippen LogP contribution in [0.25, 0.3) is 0 Å². The quantitative estimate of drug-likeness (QED) is 0.819. The molecule has 5 nitrogen and oxygen atoms in total. The van der Waals surface area contributed by atoms with Gasteiger partial charge in [-0.15, -0.1) is 0 Å². The number of hydrogen-bond donors (Lipinski definition) is 2. The van der Waals surface area contributed by atoms with Gasteiger partial charge in [-0.25, -0.2) is 4.98 Å². The second-order valence-corrected chi connectivity index (χ2v) is 5.33. The van der Waals surface area contributed by atoms with E-state index in [2.05, 4.69) is 34.4 Å². The van der Waals surface area contributed by atoms with Gasteiger partial charge in [0.25, 0.3) is 5.91 Å². The second-order valence-electron chi connectivity index (χ2n) is 5.33. The van der Waals surface area contributed by atoms with E-state index < -0.39 is 0 Å². The van der Waals surface area contributed by atoms with E-state index in [-0.39, 0.29) is 11.4 Å². The Hall–Kier alpha value is -1.62. The van der Waals surface area contributed by atoms with Crippen molar-refractivity contribution in [3.05, 3.63) is 23.9 Å². The fraction of sp³-hybridized carbons (Fsp3) is 0.571. The second kappa shape index (κ2) is 6.52. The molecule has 0 saturated carbocycles. The van der Waals surface area contributed by atoms with Crippen LogP contribution in [0.3, 0.4) is 0 Å². The Morgan fingerprint density at radius 2 is 2.05 bits per heavy atom. The molecule has 1 aromatic rings. The molecule has 0 aromatic carbocycles. The van der Waals surface area contributed by atoms with Crippen LogP contribution >= 0.6 is 0 Å². The number of anilines is 1. The van der Waals surface area contributed by atoms with Crippen molar-refractivity contribution in [2.45, 2.75) is 26.3 Å². The van der Waals surface area contributed by atoms with Crippen LogP contribution < -0.4 is 10.6 Å². The lowest BCUT2D eigenvalue weighted by atomic mass is 10.0. The van der Waals surface area contributed by atoms with E-state index in [4.69, 9.17) is 0 Å². The molecule has 0 aliphatic carbocycles. The number of hydrogen-bond acceptors (Lipinski definition) is 4. The van der Waals surface area contributed by atoms with E-state index in [1.165, 1.54) is 0 Å². The van der Waals surface area contributed by atoms with Gasteiger partial charge in [0.15, 0.2) is 0 Å². The lowest BCUT2D eigenvalue weighted by Gasteiger charge is -2.32. The van der Waals surface area contributed by atoms with Gasteiger partial charge >= 0.3 is 0 Å². The van der Waals surface area contributed by atoms with Crippen LogP contribution in [0.15, 0.2) is 18.2 Å². The van der Waals surface area contributed by atoms with Gasteiger partial charge in [0, 0.05) is 18.6 Å². The molecule has 1 rings (SSSR count). The van der Waals surface area contributed by atoms with Gasteiger partial charge in [0.2, 0.25) is 0 Å². The molecule has 5 heteroatoms. The predicted molar refractivity (Wildman–Crippen MR) is 78.5 cm³/mol. The van der Waals surface area contributed by atoms with Crippen molar-refractivity contribution in [1.29, 1.82) is 0 Å². The minimum atomic E-state index is -0.144. The van der Waals surface area contributed by atoms with E-state index in [1.54, 1.807) is 6.07 Å². The van der Waals surface area contributed by atoms with Crippen molar-refractivity contribution in [2.75, 3.05) is 32.5 Å². The molecular weight excluding hydrogens is 240 g/mol. The molecule has 19 heavy (non-hydrogen) atoms. The molecule has 0 saturated heterocycles. The summed E-state index contributed by atoms with van der Waals surface area (Å²) in [5, 5.41) is 6.01. The summed E-state index contributed by atoms with van der Waals surface area (Å²) < 4.78 is 0. The van der Waals surface area contributed by atoms with Gasteiger partial charge in [0.05, 0.1) is 0 Å². The summed E-state index contributed by atoms with van der Waals surface area (Å²) in [5.74, 6) is 0.580. The summed E-state index contributed by atoms with van der Waals surface area (Å²) in [6.07, 6.45) is 0. The molecule has 0 fully saturated rings. The number of rotatable bonds is 6. The highest BCUT2D eigenvalue weighted by Crippen LogP contribution is 2.09. The Balaban J connectivity index is 2.66. The number of likely N-dealkylation sites (N-methyl/N-ethyl adjacent to an activating group) is 1. The van der Waals surface area contributed by atoms with Gasteiger partial charge in [-0.3, -0.25) is 4.79 Å². The van der Waals surface area contributed by atoms with Crippen LogP contribution in [-0.2, 0) is 0 Å². The fourth-order valence-corrected chi connectivity index (χ4v) is 1.39. The minimum absolute atomic E-state index is 0.0884. The van der Waals surface area contributed by atoms with Crippen molar-refractivity contribution in [1.82, 2.24) is 15.2 Å². The lowest BCUT2D eigenvalue weighted by Crippen LogP contribution is -2.48. The average Bonchev–Trinajstić information content (AvgIpc) is 2.36. The number of aromatic nitrogens is 1. The maximum atomic E-state index is 12.1. The highest BCUT2D eigenvalue weighted by Gasteiger charge is 2.21. The van der Waals surface area contributed by atoms with Crippen LogP contribution in [0.1, 0.15) is 31.3 Å². The monoisotopic (exact) mass is 264 g/mol. The first-order chi connectivity index (χ1) is 8.86. The highest BCUT2D eigenvalue weighted by atomic mass is 16.1. The molecule has 0 aliphatic heterocycles. The molecule has 0 spiro atoms. The molecule has 0 bridgehead atoms. The molecular formula is C14H24N4O. The number of nitrogens with zero attached hydrogens (tertiary/aromatic N) is 2. The standard InChI is InChI=1S/C14H24N4O/c1-6-15-12-9-7-8-11(17-12)13(19)16-10-14(2,3)18(4)5/h7-9H,6,10H2,1-5H3,(H,15,17)(H,16,19). The van der Waals surface area contributed by atoms with E-state index in [1.807, 2.05) is 33.2 Å². The Morgan fingerprint density at radius 1 is 1.37 bits per heavy atom. The summed E-state index contributed by atoms with van der Waals surface area (Å²) in [6.45, 7) is 7.51. The largest absolute Gasteiger partial charge is 0.370 e. The van der Waals surface area contributed by atoms with Gasteiger partial charge in [0.1, 0.15) is 11.5 Å². The minimum Gasteiger partial charge on any atom is -0.370 e. The Labute approximate surface area is 115 Å². The highest BCUT2D eigenvalue weighted by molar-refractivity contribution is 5.92. The summed E-state index contributed by atoms with van der Waals surface area (Å²) in [7, 11) is 3.99. The van der Waals surface area contributed by atoms with Crippen molar-refractivity contribution in [3.63, 3.8) is 0 Å². The first kappa shape index (κ1) is 15.4. The summed E-state index contributed by atoms with van der Waals surface area (Å²) in [4.78, 5) is 18.4. The predicted octanol–water partition coefficient (Wildman–Crippen LogP) is 1.58. The first-order valence-corrected chi connectivity index (χ1v) is 6.53. The molecule has 106 valence electrons. The molecule has 0 atom stereocenters. The summed E-state index contributed by atoms with van der Waals surface area (Å²) >= 11 is 0. The van der Waals surface area contributed by atoms with Gasteiger partial charge in [-0.05, 0) is 47.0 Å². The maximum Gasteiger partial charge on any atom is 0.270 e. The Bertz CT molecular complexity index is 429. The third-order valence-electron chi connectivity index (χ3n) is 3.23. The molecule has 1 heterocycles. The summed E-state index contributed by atoms with van der Waals surface area (Å²) in [6, 6.07) is 5.40. The molecule has 1 amide bonds. The smallest absolute Gasteiger partial charge is 0.270 e. The van der Waals surface area contributed by atoms with Crippen molar-refractivity contribution in [2.24, 2.45) is 0 Å². The zero-order valence-corrected chi connectivity index (χ0v) is 12.4. The van der Waals surface area contributed by atoms with E-state index >= 15 is 0 Å². The molecule has 0 unspecified atom stereocenters. The molecule has 0 radical (unpaired) electrons. The van der Waals surface area contributed by atoms with Crippen LogP contribution in [0.5, 0.6) is 0 Å². The number of amides is 1. The van der Waals surface area contributed by atoms with E-state index in [9.17, 15) is 4.79 Å². The van der Waals surface area contributed by atoms with Crippen LogP contribution in [-0.4, -0.2) is 48.5 Å². The van der Waals surface area contributed by atoms with Crippen LogP contribution in [0, 0.1) is 0 Å². The van der Waals surface area contributed by atoms with E-state index in [0.29, 0.717) is 12.2 Å². The number of nitrogens with one attached hydrogen (secondary N) is 2. The Kier molecular flexibility index (Phi) is 5.30. The maximum absolute atomic E-state index is 12.1. The van der Waals surface area contributed by atoms with Gasteiger partial charge in [-0.2, -0.15) is 0 Å². The van der Waals surface area contributed by atoms with Crippen molar-refractivity contribution in [3.8, 4) is 0 Å². The normalized spacial score (nSPS) is 11.5. The number of carbonyl (C=O) groups excluding carboxylic acids is 1. The van der Waals surface area contributed by atoms with Crippen LogP contribution in [0.2, 0.25) is 0 Å². The number of carbonyl (C=O) groups is 1. The molecule has 2 N–H and O–H groups in total. The van der Waals surface area contributed by atoms with Crippen molar-refractivity contribution < 1.29 is 4.79 Å². The third kappa shape index (κ3) is 4.52. The van der Waals surface area contributed by atoms with Gasteiger partial charge < -0.3 is 15.5 Å². The first-order valence-electron chi connectivity index (χ1n) is 6.53.